The molecule has 1 aliphatic rings. The van der Waals surface area contributed by atoms with Crippen LogP contribution in [0, 0.1) is 6.92 Å². The monoisotopic (exact) mass is 395 g/mol. The second kappa shape index (κ2) is 7.58. The highest BCUT2D eigenvalue weighted by molar-refractivity contribution is 6.06. The first-order valence-electron chi connectivity index (χ1n) is 10.1. The number of hydrogen-bond donors (Lipinski definition) is 0. The van der Waals surface area contributed by atoms with Crippen molar-refractivity contribution in [2.45, 2.75) is 45.8 Å². The molecule has 0 N–H and O–H groups in total. The van der Waals surface area contributed by atoms with E-state index in [2.05, 4.69) is 0 Å². The van der Waals surface area contributed by atoms with Gasteiger partial charge in [-0.1, -0.05) is 73.5 Å². The summed E-state index contributed by atoms with van der Waals surface area (Å²) in [6, 6.07) is 19.4. The molecule has 1 aliphatic heterocycles. The highest BCUT2D eigenvalue weighted by atomic mass is 19.4. The quantitative estimate of drug-likeness (QED) is 0.387. The van der Waals surface area contributed by atoms with Gasteiger partial charge in [-0.3, -0.25) is 0 Å². The van der Waals surface area contributed by atoms with Gasteiger partial charge >= 0.3 is 6.18 Å². The number of anilines is 2. The largest absolute Gasteiger partial charge is 0.418 e. The summed E-state index contributed by atoms with van der Waals surface area (Å²) in [6.07, 6.45) is -2.31. The second-order valence-corrected chi connectivity index (χ2v) is 7.70. The smallest absolute Gasteiger partial charge is 0.333 e. The number of fused-ring (bicyclic) bond motifs is 1. The average Bonchev–Trinajstić information content (AvgIpc) is 3.38. The third kappa shape index (κ3) is 3.89. The molecule has 0 aliphatic carbocycles. The SMILES string of the molecule is CCCCc1cc(-c2ccccc2)c2c(c1C(F)(F)F)N2Cc1cccc(C)c1. The van der Waals surface area contributed by atoms with Crippen molar-refractivity contribution in [2.24, 2.45) is 0 Å². The van der Waals surface area contributed by atoms with Crippen LogP contribution in [0.15, 0.2) is 60.7 Å². The van der Waals surface area contributed by atoms with Gasteiger partial charge in [0.15, 0.2) is 0 Å². The second-order valence-electron chi connectivity index (χ2n) is 7.70. The Bertz CT molecular complexity index is 1020. The van der Waals surface area contributed by atoms with Crippen molar-refractivity contribution in [1.29, 1.82) is 0 Å². The van der Waals surface area contributed by atoms with Gasteiger partial charge in [0.1, 0.15) is 0 Å². The summed E-state index contributed by atoms with van der Waals surface area (Å²) in [5.74, 6) is 0. The lowest BCUT2D eigenvalue weighted by atomic mass is 9.96. The van der Waals surface area contributed by atoms with E-state index in [1.54, 1.807) is 6.07 Å². The normalized spacial score (nSPS) is 12.8. The Kier molecular flexibility index (Phi) is 5.12. The Morgan fingerprint density at radius 1 is 0.897 bits per heavy atom. The molecule has 150 valence electrons. The van der Waals surface area contributed by atoms with E-state index in [-0.39, 0.29) is 0 Å². The number of halogens is 3. The number of alkyl halides is 3. The van der Waals surface area contributed by atoms with Crippen LogP contribution >= 0.6 is 0 Å². The van der Waals surface area contributed by atoms with Crippen molar-refractivity contribution < 1.29 is 13.2 Å². The zero-order valence-corrected chi connectivity index (χ0v) is 16.7. The number of benzene rings is 3. The van der Waals surface area contributed by atoms with Crippen molar-refractivity contribution in [3.8, 4) is 11.1 Å². The Hall–Kier alpha value is -2.75. The van der Waals surface area contributed by atoms with E-state index in [0.717, 1.165) is 35.1 Å². The van der Waals surface area contributed by atoms with E-state index in [9.17, 15) is 13.2 Å². The highest BCUT2D eigenvalue weighted by Crippen LogP contribution is 2.61. The third-order valence-corrected chi connectivity index (χ3v) is 5.44. The van der Waals surface area contributed by atoms with Gasteiger partial charge in [0.25, 0.3) is 0 Å². The minimum Gasteiger partial charge on any atom is -0.333 e. The van der Waals surface area contributed by atoms with Gasteiger partial charge in [-0.05, 0) is 42.5 Å². The molecule has 1 nitrogen and oxygen atoms in total. The Labute approximate surface area is 169 Å². The summed E-state index contributed by atoms with van der Waals surface area (Å²) in [4.78, 5) is 1.83. The van der Waals surface area contributed by atoms with Crippen molar-refractivity contribution in [1.82, 2.24) is 0 Å². The van der Waals surface area contributed by atoms with Gasteiger partial charge in [0.2, 0.25) is 0 Å². The first-order valence-corrected chi connectivity index (χ1v) is 10.1. The Morgan fingerprint density at radius 2 is 1.66 bits per heavy atom. The minimum atomic E-state index is -4.36. The lowest BCUT2D eigenvalue weighted by Crippen LogP contribution is -2.10. The van der Waals surface area contributed by atoms with Crippen molar-refractivity contribution in [3.63, 3.8) is 0 Å². The molecule has 3 aromatic carbocycles. The topological polar surface area (TPSA) is 3.01 Å². The predicted octanol–water partition coefficient (Wildman–Crippen LogP) is 7.68. The maximum Gasteiger partial charge on any atom is 0.418 e. The number of hydrogen-bond acceptors (Lipinski definition) is 1. The van der Waals surface area contributed by atoms with E-state index in [4.69, 9.17) is 0 Å². The molecule has 0 spiro atoms. The molecule has 3 aromatic rings. The molecule has 0 bridgehead atoms. The molecule has 0 atom stereocenters. The standard InChI is InChI=1S/C25H24F3N/c1-3-4-11-20-15-21(19-12-6-5-7-13-19)23-24(22(20)25(26,27)28)29(23)16-18-10-8-9-17(2)14-18/h5-10,12-15H,3-4,11,16H2,1-2H3. The minimum absolute atomic E-state index is 0.353. The average molecular weight is 395 g/mol. The number of unbranched alkanes of at least 4 members (excludes halogenated alkanes) is 1. The molecule has 0 amide bonds. The number of aryl methyl sites for hydroxylation is 2. The summed E-state index contributed by atoms with van der Waals surface area (Å²) in [7, 11) is 0. The number of nitrogens with zero attached hydrogens (tertiary/aromatic N) is 1. The molecule has 4 heteroatoms. The van der Waals surface area contributed by atoms with Crippen molar-refractivity contribution in [3.05, 3.63) is 82.9 Å². The van der Waals surface area contributed by atoms with E-state index in [1.807, 2.05) is 73.3 Å². The van der Waals surface area contributed by atoms with E-state index >= 15 is 0 Å². The molecule has 0 aromatic heterocycles. The fourth-order valence-electron chi connectivity index (χ4n) is 4.06. The van der Waals surface area contributed by atoms with Crippen molar-refractivity contribution in [2.75, 3.05) is 4.90 Å². The van der Waals surface area contributed by atoms with Crippen LogP contribution in [0.4, 0.5) is 24.5 Å². The summed E-state index contributed by atoms with van der Waals surface area (Å²) in [6.45, 7) is 4.46. The van der Waals surface area contributed by atoms with E-state index in [1.165, 1.54) is 0 Å². The van der Waals surface area contributed by atoms with Crippen LogP contribution in [0.25, 0.3) is 11.1 Å². The van der Waals surface area contributed by atoms with Crippen LogP contribution in [0.2, 0.25) is 0 Å². The summed E-state index contributed by atoms with van der Waals surface area (Å²) >= 11 is 0. The third-order valence-electron chi connectivity index (χ3n) is 5.44. The molecule has 0 saturated heterocycles. The molecular formula is C25H24F3N. The molecule has 29 heavy (non-hydrogen) atoms. The van der Waals surface area contributed by atoms with Crippen LogP contribution < -0.4 is 4.90 Å². The first kappa shape index (κ1) is 19.6. The van der Waals surface area contributed by atoms with Gasteiger partial charge in [0.05, 0.1) is 16.9 Å². The van der Waals surface area contributed by atoms with Gasteiger partial charge in [-0.2, -0.15) is 13.2 Å². The van der Waals surface area contributed by atoms with Crippen LogP contribution in [0.1, 0.15) is 42.0 Å². The molecule has 0 fully saturated rings. The van der Waals surface area contributed by atoms with Crippen LogP contribution in [-0.2, 0) is 19.1 Å². The maximum absolute atomic E-state index is 14.1. The van der Waals surface area contributed by atoms with Crippen LogP contribution in [0.3, 0.4) is 0 Å². The van der Waals surface area contributed by atoms with E-state index in [0.29, 0.717) is 29.9 Å². The number of rotatable bonds is 6. The zero-order chi connectivity index (χ0) is 20.6. The summed E-state index contributed by atoms with van der Waals surface area (Å²) in [5.41, 5.74) is 5.00. The van der Waals surface area contributed by atoms with Crippen LogP contribution in [0.5, 0.6) is 0 Å². The molecule has 4 rings (SSSR count). The maximum atomic E-state index is 14.1. The van der Waals surface area contributed by atoms with E-state index < -0.39 is 11.7 Å². The molecule has 0 unspecified atom stereocenters. The lowest BCUT2D eigenvalue weighted by molar-refractivity contribution is -0.137. The zero-order valence-electron chi connectivity index (χ0n) is 16.7. The fraction of sp³-hybridized carbons (Fsp3) is 0.280. The fourth-order valence-corrected chi connectivity index (χ4v) is 4.06. The summed E-state index contributed by atoms with van der Waals surface area (Å²) < 4.78 is 42.2. The Morgan fingerprint density at radius 3 is 2.31 bits per heavy atom. The van der Waals surface area contributed by atoms with Gasteiger partial charge in [-0.15, -0.1) is 0 Å². The summed E-state index contributed by atoms with van der Waals surface area (Å²) in [5, 5.41) is 0. The predicted molar refractivity (Wildman–Crippen MR) is 113 cm³/mol. The Balaban J connectivity index is 1.83. The van der Waals surface area contributed by atoms with Gasteiger partial charge in [0, 0.05) is 12.1 Å². The van der Waals surface area contributed by atoms with Gasteiger partial charge < -0.3 is 4.90 Å². The molecule has 0 saturated carbocycles. The molecule has 0 radical (unpaired) electrons. The first-order chi connectivity index (χ1) is 13.9. The lowest BCUT2D eigenvalue weighted by Gasteiger charge is -2.13. The highest BCUT2D eigenvalue weighted by Gasteiger charge is 2.47. The van der Waals surface area contributed by atoms with Crippen molar-refractivity contribution >= 4 is 11.4 Å². The molecule has 1 heterocycles. The van der Waals surface area contributed by atoms with Gasteiger partial charge in [-0.25, -0.2) is 0 Å². The van der Waals surface area contributed by atoms with Crippen LogP contribution in [-0.4, -0.2) is 0 Å². The molecular weight excluding hydrogens is 371 g/mol.